The molecular weight excluding hydrogens is 532 g/mol. The Morgan fingerprint density at radius 2 is 1.62 bits per heavy atom. The number of rotatable bonds is 3. The molecule has 7 heteroatoms. The third kappa shape index (κ3) is 3.98. The molecule has 1 aliphatic heterocycles. The van der Waals surface area contributed by atoms with Crippen molar-refractivity contribution in [3.05, 3.63) is 11.6 Å². The topological polar surface area (TPSA) is 116 Å². The van der Waals surface area contributed by atoms with Crippen molar-refractivity contribution in [2.24, 2.45) is 56.7 Å². The van der Waals surface area contributed by atoms with Gasteiger partial charge in [0, 0.05) is 0 Å². The van der Waals surface area contributed by atoms with E-state index < -0.39 is 36.0 Å². The van der Waals surface area contributed by atoms with Crippen molar-refractivity contribution in [3.63, 3.8) is 0 Å². The predicted octanol–water partition coefficient (Wildman–Crippen LogP) is 5.55. The fraction of sp³-hybridized carbons (Fsp3) is 0.914. The van der Waals surface area contributed by atoms with Gasteiger partial charge in [-0.05, 0) is 109 Å². The Morgan fingerprint density at radius 3 is 2.31 bits per heavy atom. The zero-order valence-corrected chi connectivity index (χ0v) is 26.9. The number of allylic oxidation sites excluding steroid dienone is 2. The lowest BCUT2D eigenvalue weighted by atomic mass is 9.33. The van der Waals surface area contributed by atoms with Crippen molar-refractivity contribution in [2.45, 2.75) is 137 Å². The van der Waals surface area contributed by atoms with Crippen LogP contribution < -0.4 is 0 Å². The van der Waals surface area contributed by atoms with Gasteiger partial charge in [-0.25, -0.2) is 0 Å². The van der Waals surface area contributed by atoms with Gasteiger partial charge in [0.15, 0.2) is 6.29 Å². The van der Waals surface area contributed by atoms with E-state index in [1.54, 1.807) is 0 Å². The van der Waals surface area contributed by atoms with Crippen LogP contribution in [0.15, 0.2) is 11.6 Å². The van der Waals surface area contributed by atoms with Gasteiger partial charge in [0.25, 0.3) is 0 Å². The maximum Gasteiger partial charge on any atom is 0.310 e. The molecule has 0 amide bonds. The third-order valence-corrected chi connectivity index (χ3v) is 15.1. The summed E-state index contributed by atoms with van der Waals surface area (Å²) in [5.74, 6) is 1.38. The van der Waals surface area contributed by atoms with E-state index >= 15 is 0 Å². The minimum atomic E-state index is -1.27. The molecule has 5 aliphatic carbocycles. The third-order valence-electron chi connectivity index (χ3n) is 15.1. The van der Waals surface area contributed by atoms with Crippen LogP contribution in [0.1, 0.15) is 106 Å². The molecule has 0 spiro atoms. The molecule has 0 radical (unpaired) electrons. The number of carboxylic acids is 1. The number of hydrogen-bond donors (Lipinski definition) is 4. The minimum Gasteiger partial charge on any atom is -0.481 e. The highest BCUT2D eigenvalue weighted by molar-refractivity contribution is 5.76. The zero-order chi connectivity index (χ0) is 30.6. The predicted molar refractivity (Wildman–Crippen MR) is 159 cm³/mol. The van der Waals surface area contributed by atoms with Crippen LogP contribution in [0, 0.1) is 56.7 Å². The fourth-order valence-electron chi connectivity index (χ4n) is 12.1. The first-order chi connectivity index (χ1) is 19.5. The summed E-state index contributed by atoms with van der Waals surface area (Å²) in [5, 5.41) is 41.4. The molecule has 238 valence electrons. The van der Waals surface area contributed by atoms with E-state index in [-0.39, 0.29) is 40.3 Å². The summed E-state index contributed by atoms with van der Waals surface area (Å²) in [7, 11) is 0. The molecule has 0 aromatic rings. The second kappa shape index (κ2) is 10.0. The van der Waals surface area contributed by atoms with Crippen LogP contribution in [0.2, 0.25) is 0 Å². The van der Waals surface area contributed by atoms with Crippen molar-refractivity contribution in [1.29, 1.82) is 0 Å². The molecule has 5 fully saturated rings. The van der Waals surface area contributed by atoms with E-state index in [1.807, 2.05) is 0 Å². The summed E-state index contributed by atoms with van der Waals surface area (Å²) < 4.78 is 12.1. The van der Waals surface area contributed by atoms with Crippen LogP contribution in [0.25, 0.3) is 0 Å². The van der Waals surface area contributed by atoms with Crippen LogP contribution in [-0.2, 0) is 14.3 Å². The summed E-state index contributed by atoms with van der Waals surface area (Å²) >= 11 is 0. The average Bonchev–Trinajstić information content (AvgIpc) is 2.92. The van der Waals surface area contributed by atoms with Gasteiger partial charge in [-0.15, -0.1) is 0 Å². The molecule has 0 bridgehead atoms. The maximum atomic E-state index is 13.0. The highest BCUT2D eigenvalue weighted by Crippen LogP contribution is 2.76. The number of aliphatic hydroxyl groups is 3. The summed E-state index contributed by atoms with van der Waals surface area (Å²) in [6.45, 7) is 16.8. The molecule has 1 heterocycles. The Balaban J connectivity index is 1.31. The number of aliphatic carboxylic acids is 1. The molecule has 14 atom stereocenters. The van der Waals surface area contributed by atoms with Gasteiger partial charge in [0.2, 0.25) is 0 Å². The van der Waals surface area contributed by atoms with E-state index in [1.165, 1.54) is 5.57 Å². The Kier molecular flexibility index (Phi) is 7.39. The van der Waals surface area contributed by atoms with Crippen molar-refractivity contribution in [2.75, 3.05) is 6.61 Å². The molecule has 0 unspecified atom stereocenters. The largest absolute Gasteiger partial charge is 0.481 e. The number of ether oxygens (including phenoxy) is 2. The fourth-order valence-corrected chi connectivity index (χ4v) is 12.1. The average molecular weight is 589 g/mol. The quantitative estimate of drug-likeness (QED) is 0.252. The smallest absolute Gasteiger partial charge is 0.310 e. The SMILES string of the molecule is C[C@H]1[C@H](C)CC[C@]2(C(=O)O)CC[C@]3(C)C(=CC[C@@H]4[C@@]5(C)CC[C@H](O[C@@H]6OC[C@@H](O)[C@H](O)[C@H]6O)C(C)(C)[C@@H]5CC[C@]43C)[C@H]12. The first kappa shape index (κ1) is 31.0. The first-order valence-corrected chi connectivity index (χ1v) is 16.8. The molecule has 4 saturated carbocycles. The lowest BCUT2D eigenvalue weighted by Gasteiger charge is -2.71. The summed E-state index contributed by atoms with van der Waals surface area (Å²) in [6.07, 6.45) is 6.46. The lowest BCUT2D eigenvalue weighted by Crippen LogP contribution is -2.66. The van der Waals surface area contributed by atoms with Crippen molar-refractivity contribution >= 4 is 5.97 Å². The standard InChI is InChI=1S/C35H56O7/c1-19-10-15-35(30(39)40)17-16-33(6)21(26(35)20(19)2)8-9-24-32(5)13-12-25(31(3,4)23(32)11-14-34(24,33)7)42-29-28(38)27(37)22(36)18-41-29/h8,19-20,22-29,36-38H,9-18H2,1-7H3,(H,39,40)/t19-,20+,22-,23+,24-,25+,26+,27+,28-,29+,32+,33-,34-,35+/m1/s1. The van der Waals surface area contributed by atoms with Gasteiger partial charge in [0.1, 0.15) is 18.3 Å². The number of carbonyl (C=O) groups is 1. The zero-order valence-electron chi connectivity index (χ0n) is 26.9. The van der Waals surface area contributed by atoms with Gasteiger partial charge in [-0.2, -0.15) is 0 Å². The molecule has 7 nitrogen and oxygen atoms in total. The van der Waals surface area contributed by atoms with E-state index in [2.05, 4.69) is 54.5 Å². The molecule has 6 aliphatic rings. The summed E-state index contributed by atoms with van der Waals surface area (Å²) in [4.78, 5) is 13.0. The molecule has 42 heavy (non-hydrogen) atoms. The highest BCUT2D eigenvalue weighted by atomic mass is 16.7. The van der Waals surface area contributed by atoms with Gasteiger partial charge in [-0.1, -0.05) is 60.1 Å². The number of aliphatic hydroxyl groups excluding tert-OH is 3. The highest BCUT2D eigenvalue weighted by Gasteiger charge is 2.69. The van der Waals surface area contributed by atoms with Crippen LogP contribution in [0.5, 0.6) is 0 Å². The molecule has 4 N–H and O–H groups in total. The first-order valence-electron chi connectivity index (χ1n) is 16.8. The van der Waals surface area contributed by atoms with Crippen LogP contribution >= 0.6 is 0 Å². The number of hydrogen-bond acceptors (Lipinski definition) is 6. The lowest BCUT2D eigenvalue weighted by molar-refractivity contribution is -0.308. The Morgan fingerprint density at radius 1 is 0.905 bits per heavy atom. The maximum absolute atomic E-state index is 13.0. The molecule has 0 aromatic carbocycles. The Hall–Kier alpha value is -0.990. The van der Waals surface area contributed by atoms with E-state index in [4.69, 9.17) is 9.47 Å². The second-order valence-electron chi connectivity index (χ2n) is 16.8. The van der Waals surface area contributed by atoms with Crippen molar-refractivity contribution < 1.29 is 34.7 Å². The molecule has 1 saturated heterocycles. The Labute approximate surface area is 252 Å². The normalized spacial score (nSPS) is 55.3. The van der Waals surface area contributed by atoms with Crippen LogP contribution in [-0.4, -0.2) is 63.7 Å². The monoisotopic (exact) mass is 588 g/mol. The van der Waals surface area contributed by atoms with Crippen LogP contribution in [0.3, 0.4) is 0 Å². The van der Waals surface area contributed by atoms with Gasteiger partial charge < -0.3 is 29.9 Å². The minimum absolute atomic E-state index is 0.00660. The number of carboxylic acid groups (broad SMARTS) is 1. The second-order valence-corrected chi connectivity index (χ2v) is 16.8. The molecular formula is C35H56O7. The Bertz CT molecular complexity index is 1120. The molecule has 0 aromatic heterocycles. The van der Waals surface area contributed by atoms with Gasteiger partial charge in [0.05, 0.1) is 18.1 Å². The van der Waals surface area contributed by atoms with Gasteiger partial charge >= 0.3 is 5.97 Å². The van der Waals surface area contributed by atoms with E-state index in [0.717, 1.165) is 57.8 Å². The summed E-state index contributed by atoms with van der Waals surface area (Å²) in [6, 6.07) is 0. The number of fused-ring (bicyclic) bond motifs is 7. The van der Waals surface area contributed by atoms with Gasteiger partial charge in [-0.3, -0.25) is 4.79 Å². The van der Waals surface area contributed by atoms with E-state index in [9.17, 15) is 25.2 Å². The van der Waals surface area contributed by atoms with E-state index in [0.29, 0.717) is 23.7 Å². The van der Waals surface area contributed by atoms with Crippen LogP contribution in [0.4, 0.5) is 0 Å². The molecule has 6 rings (SSSR count). The van der Waals surface area contributed by atoms with Crippen molar-refractivity contribution in [3.8, 4) is 0 Å². The summed E-state index contributed by atoms with van der Waals surface area (Å²) in [5.41, 5.74) is 0.885. The van der Waals surface area contributed by atoms with Crippen molar-refractivity contribution in [1.82, 2.24) is 0 Å².